The molecule has 0 radical (unpaired) electrons. The zero-order valence-corrected chi connectivity index (χ0v) is 91.3. The van der Waals surface area contributed by atoms with E-state index in [9.17, 15) is 113 Å². The molecule has 874 valence electrons. The Bertz CT molecular complexity index is 3620. The minimum atomic E-state index is -5.65. The fraction of sp³-hybridized carbons (Fsp3) is 0.969. The highest BCUT2D eigenvalue weighted by molar-refractivity contribution is 7.48. The summed E-state index contributed by atoms with van der Waals surface area (Å²) in [5.74, 6) is -2.31. The Morgan fingerprint density at radius 1 is 0.324 bits per heavy atom. The summed E-state index contributed by atoms with van der Waals surface area (Å²) in [5.41, 5.74) is 23.0. The largest absolute Gasteiger partial charge is 0.472 e. The van der Waals surface area contributed by atoms with Crippen LogP contribution in [0.5, 0.6) is 0 Å². The maximum Gasteiger partial charge on any atom is 0.472 e. The molecule has 0 bridgehead atoms. The second-order valence-corrected chi connectivity index (χ2v) is 45.3. The normalized spacial score (nSPS) is 29.9. The predicted octanol–water partition coefficient (Wildman–Crippen LogP) is 8.03. The molecule has 4 heterocycles. The Morgan fingerprint density at radius 3 is 1.13 bits per heavy atom. The van der Waals surface area contributed by atoms with Crippen LogP contribution in [0, 0.1) is 0 Å². The van der Waals surface area contributed by atoms with Gasteiger partial charge in [0.05, 0.1) is 72.0 Å². The number of carbonyl (C=O) groups is 3. The van der Waals surface area contributed by atoms with E-state index < -0.39 is 281 Å². The Morgan fingerprint density at radius 2 is 0.676 bits per heavy atom. The first-order valence-corrected chi connectivity index (χ1v) is 60.9. The van der Waals surface area contributed by atoms with Gasteiger partial charge in [-0.05, 0) is 19.3 Å². The number of esters is 2. The lowest BCUT2D eigenvalue weighted by molar-refractivity contribution is -0.376. The molecule has 148 heavy (non-hydrogen) atoms. The van der Waals surface area contributed by atoms with Crippen LogP contribution in [0.1, 0.15) is 342 Å². The summed E-state index contributed by atoms with van der Waals surface area (Å²) >= 11 is 0. The van der Waals surface area contributed by atoms with Gasteiger partial charge >= 0.3 is 43.2 Å². The maximum absolute atomic E-state index is 14.6. The molecule has 0 aromatic rings. The molecule has 4 aliphatic heterocycles. The third kappa shape index (κ3) is 54.1. The summed E-state index contributed by atoms with van der Waals surface area (Å²) < 4.78 is 161. The predicted molar refractivity (Wildman–Crippen MR) is 540 cm³/mol. The lowest BCUT2D eigenvalue weighted by Gasteiger charge is -2.49. The summed E-state index contributed by atoms with van der Waals surface area (Å²) in [6, 6.07) is -2.05. The van der Waals surface area contributed by atoms with Crippen LogP contribution < -0.4 is 28.3 Å². The van der Waals surface area contributed by atoms with Crippen molar-refractivity contribution >= 4 is 49.1 Å². The Hall–Kier alpha value is -2.15. The molecule has 0 aromatic heterocycles. The molecule has 4 unspecified atom stereocenters. The number of aliphatic hydroxyl groups excluding tert-OH is 12. The van der Waals surface area contributed by atoms with Crippen molar-refractivity contribution in [3.05, 3.63) is 0 Å². The molecule has 1 amide bonds. The summed E-state index contributed by atoms with van der Waals surface area (Å²) in [6.45, 7) is -2.21. The van der Waals surface area contributed by atoms with Crippen LogP contribution in [0.3, 0.4) is 0 Å². The fourth-order valence-corrected chi connectivity index (χ4v) is 21.6. The zero-order chi connectivity index (χ0) is 109. The summed E-state index contributed by atoms with van der Waals surface area (Å²) in [7, 11) is -21.3. The molecule has 25 N–H and O–H groups in total. The number of nitrogens with two attached hydrogens (primary N) is 4. The van der Waals surface area contributed by atoms with Gasteiger partial charge in [-0.1, -0.05) is 310 Å². The number of hydrogen-bond acceptors (Lipinski definition) is 42. The number of aliphatic hydroxyl groups is 12. The number of nitrogens with one attached hydrogen (secondary N) is 1. The van der Waals surface area contributed by atoms with Gasteiger partial charge in [-0.15, -0.1) is 0 Å². The SMILES string of the molecule is CCCCCCCCCCCCCCCCCCCCCC(=O)O[C@H](COCCCCCCCCCCCCCCCCCC)COP(=O)(O)O[C@H]1[C@@H](O)[C@H](O)[C@@H](O)[C@H](O[C@H]2O[C@H](CO)[C@@H](O[C@H]3O[C@H](CO[C@H]4O[C@H](COP(=O)(O)OCCN)[C@@H](O)[C@H](O)[C@@H]4O[C@H]4O[C@H](COP(=O)(O)OCCNC(=O)CN)[C@@H](O)[C@H](O)[C@@H]4O)[C@@H](O)[C@H](O)[C@@H]3OP(=O)(O)OCCN)[C@H](O)[C@H]2N)[C@H]1OC(=O)CCCCCCCCCCCCCCC. The molecular weight excluding hydrogens is 2030 g/mol. The van der Waals surface area contributed by atoms with Gasteiger partial charge in [-0.25, -0.2) is 18.3 Å². The average Bonchev–Trinajstić information content (AvgIpc) is 0.751. The van der Waals surface area contributed by atoms with Gasteiger partial charge in [-0.2, -0.15) is 0 Å². The summed E-state index contributed by atoms with van der Waals surface area (Å²) in [5, 5.41) is 142. The van der Waals surface area contributed by atoms with E-state index in [4.69, 9.17) is 111 Å². The summed E-state index contributed by atoms with van der Waals surface area (Å²) in [6.07, 6.45) is -5.41. The monoisotopic (exact) mass is 2220 g/mol. The van der Waals surface area contributed by atoms with Crippen molar-refractivity contribution in [3.8, 4) is 0 Å². The van der Waals surface area contributed by atoms with Crippen molar-refractivity contribution in [2.24, 2.45) is 22.9 Å². The minimum absolute atomic E-state index is 0.00745. The quantitative estimate of drug-likeness (QED) is 0.0156. The number of amides is 1. The van der Waals surface area contributed by atoms with Crippen LogP contribution in [0.2, 0.25) is 0 Å². The van der Waals surface area contributed by atoms with Gasteiger partial charge in [0.2, 0.25) is 5.91 Å². The lowest BCUT2D eigenvalue weighted by Crippen LogP contribution is -2.70. The molecule has 51 heteroatoms. The van der Waals surface area contributed by atoms with Crippen LogP contribution in [0.25, 0.3) is 0 Å². The highest BCUT2D eigenvalue weighted by Gasteiger charge is 2.60. The minimum Gasteiger partial charge on any atom is -0.457 e. The zero-order valence-electron chi connectivity index (χ0n) is 87.7. The third-order valence-corrected chi connectivity index (χ3v) is 31.0. The van der Waals surface area contributed by atoms with Crippen molar-refractivity contribution in [1.29, 1.82) is 0 Å². The molecule has 4 saturated heterocycles. The standard InChI is InChI=1S/C97H189N5O42P4/c1-4-7-10-13-16-19-22-25-27-29-30-31-32-35-38-40-43-46-49-52-74(105)134-68(63-126-57-51-48-45-42-39-36-33-28-26-23-20-17-14-11-8-5-2)64-131-148(124,125)143-90-86(116)82(112)85(115)89(93(90)139-75(106)53-50-47-44-41-37-34-24-21-18-15-12-9-6-3)141-94-76(101)80(110)88(69(62-103)135-94)140-97-92(144-147(122,123)129-59-55-99)84(114)78(108)70(138-97)65-127-96-91(83(113)79(109)72(137-96)67-132-145(118,119)128-58-54-98)142-95-87(117)81(111)77(107)71(136-95)66-133-146(120,121)130-60-56-102-73(104)61-100/h68-72,76-97,103,107-117H,4-67,98-101H2,1-3H3,(H,102,104)(H,118,119)(H,120,121)(H,122,123)(H,124,125)/t68-,69-,70-,71-,72-,76-,77-,78-,79-,80-,81+,82-,83+,84+,85-,86+,87+,88-,89+,90+,91+,92+,93-,94-,95-,96+,97-/m1/s1. The van der Waals surface area contributed by atoms with E-state index in [2.05, 4.69) is 26.1 Å². The van der Waals surface area contributed by atoms with E-state index in [1.807, 2.05) is 0 Å². The van der Waals surface area contributed by atoms with E-state index in [1.165, 1.54) is 167 Å². The number of ether oxygens (including phenoxy) is 11. The highest BCUT2D eigenvalue weighted by Crippen LogP contribution is 2.51. The number of rotatable bonds is 89. The third-order valence-electron chi connectivity index (χ3n) is 27.0. The first-order chi connectivity index (χ1) is 70.9. The van der Waals surface area contributed by atoms with Gasteiger partial charge in [0.25, 0.3) is 0 Å². The van der Waals surface area contributed by atoms with Crippen LogP contribution in [0.15, 0.2) is 0 Å². The Balaban J connectivity index is 1.39. The van der Waals surface area contributed by atoms with Crippen LogP contribution in [-0.4, -0.2) is 356 Å². The molecule has 0 spiro atoms. The molecule has 1 aliphatic carbocycles. The van der Waals surface area contributed by atoms with Gasteiger partial charge in [0.15, 0.2) is 31.3 Å². The molecule has 5 rings (SSSR count). The van der Waals surface area contributed by atoms with E-state index in [-0.39, 0.29) is 45.6 Å². The van der Waals surface area contributed by atoms with Crippen molar-refractivity contribution in [3.63, 3.8) is 0 Å². The Labute approximate surface area is 874 Å². The average molecular weight is 2220 g/mol. The van der Waals surface area contributed by atoms with Crippen LogP contribution >= 0.6 is 31.3 Å². The topological polar surface area (TPSA) is 735 Å². The lowest BCUT2D eigenvalue weighted by atomic mass is 9.84. The number of phosphoric ester groups is 4. The van der Waals surface area contributed by atoms with Gasteiger partial charge < -0.3 is 161 Å². The van der Waals surface area contributed by atoms with Gasteiger partial charge in [-0.3, -0.25) is 50.6 Å². The first-order valence-electron chi connectivity index (χ1n) is 54.9. The van der Waals surface area contributed by atoms with Crippen molar-refractivity contribution in [2.75, 3.05) is 92.2 Å². The van der Waals surface area contributed by atoms with Crippen molar-refractivity contribution in [1.82, 2.24) is 5.32 Å². The van der Waals surface area contributed by atoms with Crippen LogP contribution in [0.4, 0.5) is 0 Å². The number of phosphoric acid groups is 4. The number of unbranched alkanes of at least 4 members (excludes halogenated alkanes) is 45. The number of carbonyl (C=O) groups excluding carboxylic acids is 3. The van der Waals surface area contributed by atoms with Crippen LogP contribution in [-0.2, 0) is 121 Å². The molecule has 47 nitrogen and oxygen atoms in total. The molecule has 0 aromatic carbocycles. The smallest absolute Gasteiger partial charge is 0.457 e. The number of hydrogen-bond donors (Lipinski definition) is 21. The van der Waals surface area contributed by atoms with Crippen molar-refractivity contribution < 1.29 is 202 Å². The second-order valence-electron chi connectivity index (χ2n) is 39.5. The second kappa shape index (κ2) is 78.1. The first kappa shape index (κ1) is 136. The fourth-order valence-electron chi connectivity index (χ4n) is 18.3. The van der Waals surface area contributed by atoms with E-state index >= 15 is 0 Å². The molecule has 5 aliphatic rings. The van der Waals surface area contributed by atoms with Gasteiger partial charge in [0.1, 0.15) is 128 Å². The van der Waals surface area contributed by atoms with Crippen molar-refractivity contribution in [2.45, 2.75) is 507 Å². The molecule has 1 saturated carbocycles. The molecular formula is C97H189N5O42P4. The highest BCUT2D eigenvalue weighted by atomic mass is 31.2. The van der Waals surface area contributed by atoms with E-state index in [0.717, 1.165) is 116 Å². The van der Waals surface area contributed by atoms with E-state index in [0.29, 0.717) is 19.3 Å². The maximum atomic E-state index is 14.6. The molecule has 5 fully saturated rings. The Kier molecular flexibility index (Phi) is 72.0. The summed E-state index contributed by atoms with van der Waals surface area (Å²) in [4.78, 5) is 83.2. The molecule has 31 atom stereocenters. The van der Waals surface area contributed by atoms with E-state index in [1.54, 1.807) is 0 Å². The van der Waals surface area contributed by atoms with Gasteiger partial charge in [0, 0.05) is 39.1 Å².